The van der Waals surface area contributed by atoms with E-state index in [4.69, 9.17) is 10.4 Å². The minimum atomic E-state index is -0.0659. The highest BCUT2D eigenvalue weighted by Crippen LogP contribution is 2.18. The second kappa shape index (κ2) is 8.50. The molecule has 0 aliphatic carbocycles. The van der Waals surface area contributed by atoms with Crippen LogP contribution in [0.2, 0.25) is 0 Å². The van der Waals surface area contributed by atoms with Gasteiger partial charge in [0.15, 0.2) is 5.65 Å². The van der Waals surface area contributed by atoms with E-state index in [1.807, 2.05) is 12.1 Å². The van der Waals surface area contributed by atoms with Crippen molar-refractivity contribution in [3.8, 4) is 0 Å². The Morgan fingerprint density at radius 1 is 1.04 bits per heavy atom. The second-order valence-corrected chi connectivity index (χ2v) is 8.45. The number of pyridine rings is 1. The van der Waals surface area contributed by atoms with Gasteiger partial charge >= 0.3 is 0 Å². The molecule has 0 fully saturated rings. The molecule has 0 aliphatic heterocycles. The summed E-state index contributed by atoms with van der Waals surface area (Å²) >= 11 is 3.43. The summed E-state index contributed by atoms with van der Waals surface area (Å²) in [6.45, 7) is 0.710. The van der Waals surface area contributed by atoms with Gasteiger partial charge in [0.1, 0.15) is 5.82 Å². The van der Waals surface area contributed by atoms with E-state index >= 15 is 0 Å². The summed E-state index contributed by atoms with van der Waals surface area (Å²) in [5.74, 6) is 0.632. The van der Waals surface area contributed by atoms with Crippen molar-refractivity contribution in [2.24, 2.45) is 0 Å². The van der Waals surface area contributed by atoms with Crippen molar-refractivity contribution in [2.45, 2.75) is 19.3 Å². The van der Waals surface area contributed by atoms with Crippen LogP contribution in [-0.2, 0) is 19.3 Å². The monoisotopic (exact) mass is 408 g/mol. The maximum Gasteiger partial charge on any atom is 0.263 e. The normalized spacial score (nSPS) is 11.0. The summed E-state index contributed by atoms with van der Waals surface area (Å²) < 4.78 is 1.55. The van der Waals surface area contributed by atoms with Crippen LogP contribution >= 0.6 is 22.7 Å². The lowest BCUT2D eigenvalue weighted by Gasteiger charge is -2.13. The number of hydrogen-bond donors (Lipinski definition) is 2. The third kappa shape index (κ3) is 3.90. The first-order valence-electron chi connectivity index (χ1n) is 9.09. The van der Waals surface area contributed by atoms with Crippen molar-refractivity contribution in [3.63, 3.8) is 0 Å². The SMILES string of the molecule is N=Cc1cccn2c(=O)c(CCc3cccs3)c(NCCc3cccs3)nc12. The van der Waals surface area contributed by atoms with E-state index in [-0.39, 0.29) is 5.56 Å². The number of hydrogen-bond acceptors (Lipinski definition) is 6. The lowest BCUT2D eigenvalue weighted by atomic mass is 10.1. The quantitative estimate of drug-likeness (QED) is 0.428. The van der Waals surface area contributed by atoms with Crippen molar-refractivity contribution < 1.29 is 0 Å². The van der Waals surface area contributed by atoms with E-state index in [9.17, 15) is 4.79 Å². The molecule has 0 saturated carbocycles. The molecule has 0 spiro atoms. The highest BCUT2D eigenvalue weighted by atomic mass is 32.1. The van der Waals surface area contributed by atoms with Crippen LogP contribution in [0.4, 0.5) is 5.82 Å². The Bertz CT molecular complexity index is 1130. The zero-order valence-electron chi connectivity index (χ0n) is 15.2. The molecule has 28 heavy (non-hydrogen) atoms. The highest BCUT2D eigenvalue weighted by molar-refractivity contribution is 7.10. The maximum absolute atomic E-state index is 13.2. The second-order valence-electron chi connectivity index (χ2n) is 6.38. The number of thiophene rings is 2. The fourth-order valence-corrected chi connectivity index (χ4v) is 4.58. The number of nitrogens with zero attached hydrogens (tertiary/aromatic N) is 2. The smallest absolute Gasteiger partial charge is 0.263 e. The average Bonchev–Trinajstić information content (AvgIpc) is 3.41. The fourth-order valence-electron chi connectivity index (χ4n) is 3.17. The van der Waals surface area contributed by atoms with E-state index in [1.165, 1.54) is 16.0 Å². The van der Waals surface area contributed by atoms with Crippen LogP contribution < -0.4 is 10.9 Å². The predicted octanol–water partition coefficient (Wildman–Crippen LogP) is 4.25. The number of fused-ring (bicyclic) bond motifs is 1. The van der Waals surface area contributed by atoms with Crippen LogP contribution in [-0.4, -0.2) is 22.1 Å². The van der Waals surface area contributed by atoms with Crippen LogP contribution in [0.5, 0.6) is 0 Å². The molecule has 142 valence electrons. The van der Waals surface area contributed by atoms with Crippen LogP contribution in [0, 0.1) is 5.41 Å². The molecule has 2 N–H and O–H groups in total. The third-order valence-electron chi connectivity index (χ3n) is 4.58. The zero-order valence-corrected chi connectivity index (χ0v) is 16.9. The lowest BCUT2D eigenvalue weighted by molar-refractivity contribution is 0.900. The molecule has 0 bridgehead atoms. The molecule has 0 unspecified atom stereocenters. The van der Waals surface area contributed by atoms with Gasteiger partial charge in [-0.25, -0.2) is 4.98 Å². The van der Waals surface area contributed by atoms with Gasteiger partial charge in [-0.15, -0.1) is 22.7 Å². The minimum absolute atomic E-state index is 0.0659. The third-order valence-corrected chi connectivity index (χ3v) is 6.45. The molecule has 4 aromatic rings. The molecule has 5 nitrogen and oxygen atoms in total. The van der Waals surface area contributed by atoms with Gasteiger partial charge in [-0.05, 0) is 54.3 Å². The van der Waals surface area contributed by atoms with Crippen LogP contribution in [0.15, 0.2) is 58.1 Å². The first-order valence-corrected chi connectivity index (χ1v) is 10.9. The average molecular weight is 409 g/mol. The largest absolute Gasteiger partial charge is 0.369 e. The van der Waals surface area contributed by atoms with E-state index in [0.29, 0.717) is 35.6 Å². The van der Waals surface area contributed by atoms with Crippen molar-refractivity contribution >= 4 is 40.4 Å². The molecular weight excluding hydrogens is 388 g/mol. The summed E-state index contributed by atoms with van der Waals surface area (Å²) in [7, 11) is 0. The van der Waals surface area contributed by atoms with E-state index in [1.54, 1.807) is 45.4 Å². The van der Waals surface area contributed by atoms with Crippen molar-refractivity contribution in [3.05, 3.63) is 84.6 Å². The minimum Gasteiger partial charge on any atom is -0.369 e. The highest BCUT2D eigenvalue weighted by Gasteiger charge is 2.14. The molecule has 0 radical (unpaired) electrons. The van der Waals surface area contributed by atoms with Crippen molar-refractivity contribution in [1.82, 2.24) is 9.38 Å². The van der Waals surface area contributed by atoms with Crippen molar-refractivity contribution in [1.29, 1.82) is 5.41 Å². The molecule has 4 aromatic heterocycles. The first kappa shape index (κ1) is 18.6. The fraction of sp³-hybridized carbons (Fsp3) is 0.190. The topological polar surface area (TPSA) is 70.2 Å². The number of rotatable bonds is 8. The summed E-state index contributed by atoms with van der Waals surface area (Å²) in [6, 6.07) is 11.9. The Morgan fingerprint density at radius 3 is 2.46 bits per heavy atom. The molecule has 7 heteroatoms. The van der Waals surface area contributed by atoms with Crippen LogP contribution in [0.25, 0.3) is 5.65 Å². The Hall–Kier alpha value is -2.77. The van der Waals surface area contributed by atoms with E-state index < -0.39 is 0 Å². The van der Waals surface area contributed by atoms with Gasteiger partial charge in [-0.3, -0.25) is 9.20 Å². The van der Waals surface area contributed by atoms with Gasteiger partial charge in [0.25, 0.3) is 5.56 Å². The molecular formula is C21H20N4OS2. The summed E-state index contributed by atoms with van der Waals surface area (Å²) in [6.07, 6.45) is 5.29. The molecule has 0 aromatic carbocycles. The number of aromatic nitrogens is 2. The Balaban J connectivity index is 1.68. The summed E-state index contributed by atoms with van der Waals surface area (Å²) in [4.78, 5) is 20.5. The van der Waals surface area contributed by atoms with Gasteiger partial charge in [-0.1, -0.05) is 12.1 Å². The standard InChI is InChI=1S/C21H20N4OS2/c22-14-15-4-1-11-25-20(15)24-19(23-10-9-17-6-3-13-28-17)18(21(25)26)8-7-16-5-2-12-27-16/h1-6,11-14,22-23H,7-10H2. The van der Waals surface area contributed by atoms with E-state index in [2.05, 4.69) is 28.2 Å². The Morgan fingerprint density at radius 2 is 1.79 bits per heavy atom. The summed E-state index contributed by atoms with van der Waals surface area (Å²) in [5, 5.41) is 15.1. The van der Waals surface area contributed by atoms with Gasteiger partial charge < -0.3 is 10.7 Å². The number of aryl methyl sites for hydroxylation is 1. The predicted molar refractivity (Wildman–Crippen MR) is 118 cm³/mol. The molecule has 4 rings (SSSR count). The molecule has 0 aliphatic rings. The van der Waals surface area contributed by atoms with Gasteiger partial charge in [0.05, 0.1) is 5.56 Å². The van der Waals surface area contributed by atoms with E-state index in [0.717, 1.165) is 12.8 Å². The summed E-state index contributed by atoms with van der Waals surface area (Å²) in [5.41, 5.74) is 1.77. The van der Waals surface area contributed by atoms with Gasteiger partial charge in [0.2, 0.25) is 0 Å². The molecule has 0 atom stereocenters. The number of nitrogens with one attached hydrogen (secondary N) is 2. The van der Waals surface area contributed by atoms with Gasteiger partial charge in [0, 0.05) is 34.3 Å². The van der Waals surface area contributed by atoms with Crippen LogP contribution in [0.3, 0.4) is 0 Å². The zero-order chi connectivity index (χ0) is 19.3. The molecule has 0 saturated heterocycles. The maximum atomic E-state index is 13.2. The number of anilines is 1. The Labute approximate surface area is 170 Å². The molecule has 0 amide bonds. The van der Waals surface area contributed by atoms with Crippen LogP contribution in [0.1, 0.15) is 20.9 Å². The molecule has 4 heterocycles. The Kier molecular flexibility index (Phi) is 5.64. The van der Waals surface area contributed by atoms with Crippen molar-refractivity contribution in [2.75, 3.05) is 11.9 Å². The lowest BCUT2D eigenvalue weighted by Crippen LogP contribution is -2.24. The first-order chi connectivity index (χ1) is 13.8. The van der Waals surface area contributed by atoms with Gasteiger partial charge in [-0.2, -0.15) is 0 Å².